The van der Waals surface area contributed by atoms with Gasteiger partial charge in [-0.1, -0.05) is 13.8 Å². The first-order valence-corrected chi connectivity index (χ1v) is 9.20. The second-order valence-corrected chi connectivity index (χ2v) is 8.51. The second kappa shape index (κ2) is 4.14. The zero-order valence-electron chi connectivity index (χ0n) is 14.8. The summed E-state index contributed by atoms with van der Waals surface area (Å²) >= 11 is 0. The lowest BCUT2D eigenvalue weighted by Crippen LogP contribution is -2.65. The molecule has 0 amide bonds. The van der Waals surface area contributed by atoms with Crippen LogP contribution in [0.3, 0.4) is 0 Å². The quantitative estimate of drug-likeness (QED) is 0.506. The molecule has 6 atom stereocenters. The van der Waals surface area contributed by atoms with E-state index in [4.69, 9.17) is 9.47 Å². The molecule has 0 aromatic rings. The Balaban J connectivity index is 1.92. The van der Waals surface area contributed by atoms with Crippen molar-refractivity contribution in [2.45, 2.75) is 65.6 Å². The molecule has 24 heavy (non-hydrogen) atoms. The van der Waals surface area contributed by atoms with Crippen LogP contribution in [0, 0.1) is 22.7 Å². The number of hydrogen-bond acceptors (Lipinski definition) is 4. The molecular formula is C20H24O4. The smallest absolute Gasteiger partial charge is 0.321 e. The van der Waals surface area contributed by atoms with E-state index in [1.54, 1.807) is 0 Å². The minimum Gasteiger partial charge on any atom is -0.455 e. The lowest BCUT2D eigenvalue weighted by Gasteiger charge is -2.56. The topological polar surface area (TPSA) is 52.6 Å². The van der Waals surface area contributed by atoms with Crippen molar-refractivity contribution in [3.8, 4) is 0 Å². The molecule has 2 saturated carbocycles. The standard InChI is InChI=1S/C20H24O4/c1-9-5-7-13-11(3)16-20-10(2)6-8-14(20)12(4)15(23-18(20)22)19(9,13)17(21)24-16/h9-10,15-16H,5-8H2,1-4H3/t9-,10+,15-,16+,19-,20+. The van der Waals surface area contributed by atoms with Gasteiger partial charge in [-0.15, -0.1) is 0 Å². The minimum absolute atomic E-state index is 0.133. The van der Waals surface area contributed by atoms with Gasteiger partial charge >= 0.3 is 11.9 Å². The molecule has 5 aliphatic heterocycles. The van der Waals surface area contributed by atoms with Crippen molar-refractivity contribution in [2.75, 3.05) is 0 Å². The van der Waals surface area contributed by atoms with Gasteiger partial charge in [-0.3, -0.25) is 9.59 Å². The third-order valence-electron chi connectivity index (χ3n) is 7.90. The highest BCUT2D eigenvalue weighted by molar-refractivity contribution is 5.93. The van der Waals surface area contributed by atoms with Crippen molar-refractivity contribution in [3.63, 3.8) is 0 Å². The van der Waals surface area contributed by atoms with Gasteiger partial charge in [0.25, 0.3) is 0 Å². The Kier molecular flexibility index (Phi) is 2.55. The minimum atomic E-state index is -0.786. The van der Waals surface area contributed by atoms with Gasteiger partial charge in [-0.2, -0.15) is 0 Å². The average Bonchev–Trinajstić information content (AvgIpc) is 3.06. The average molecular weight is 328 g/mol. The molecule has 5 heterocycles. The number of rotatable bonds is 0. The normalized spacial score (nSPS) is 49.0. The first-order valence-electron chi connectivity index (χ1n) is 9.20. The summed E-state index contributed by atoms with van der Waals surface area (Å²) in [7, 11) is 0. The molecule has 4 nitrogen and oxygen atoms in total. The first-order chi connectivity index (χ1) is 11.4. The molecule has 3 fully saturated rings. The number of esters is 2. The maximum atomic E-state index is 13.3. The molecule has 4 bridgehead atoms. The summed E-state index contributed by atoms with van der Waals surface area (Å²) in [6, 6.07) is 0. The van der Waals surface area contributed by atoms with Crippen molar-refractivity contribution in [1.29, 1.82) is 0 Å². The fourth-order valence-corrected chi connectivity index (χ4v) is 6.70. The number of ether oxygens (including phenoxy) is 2. The van der Waals surface area contributed by atoms with Gasteiger partial charge < -0.3 is 9.47 Å². The van der Waals surface area contributed by atoms with Crippen LogP contribution in [0.2, 0.25) is 0 Å². The third-order valence-corrected chi connectivity index (χ3v) is 7.90. The van der Waals surface area contributed by atoms with Crippen molar-refractivity contribution in [1.82, 2.24) is 0 Å². The molecule has 0 unspecified atom stereocenters. The number of carbonyl (C=O) groups excluding carboxylic acids is 2. The maximum Gasteiger partial charge on any atom is 0.321 e. The summed E-state index contributed by atoms with van der Waals surface area (Å²) < 4.78 is 12.1. The van der Waals surface area contributed by atoms with E-state index >= 15 is 0 Å². The van der Waals surface area contributed by atoms with E-state index in [0.29, 0.717) is 0 Å². The van der Waals surface area contributed by atoms with Gasteiger partial charge in [0.1, 0.15) is 23.0 Å². The Hall–Kier alpha value is -1.58. The summed E-state index contributed by atoms with van der Waals surface area (Å²) in [4.78, 5) is 26.5. The molecule has 8 rings (SSSR count). The van der Waals surface area contributed by atoms with Crippen LogP contribution in [0.1, 0.15) is 53.4 Å². The highest BCUT2D eigenvalue weighted by atomic mass is 16.6. The van der Waals surface area contributed by atoms with Crippen molar-refractivity contribution in [3.05, 3.63) is 22.3 Å². The fourth-order valence-electron chi connectivity index (χ4n) is 6.70. The summed E-state index contributed by atoms with van der Waals surface area (Å²) in [5.74, 6) is -0.0534. The SMILES string of the molecule is CC1=C2CC[C@H](C)[C@]23C(=O)O[C@H]1[C@]12C(=O)O[C@H]3C(C)=C1CC[C@H]2C. The Morgan fingerprint density at radius 2 is 1.17 bits per heavy atom. The Labute approximate surface area is 142 Å². The van der Waals surface area contributed by atoms with E-state index < -0.39 is 23.0 Å². The maximum absolute atomic E-state index is 13.3. The molecule has 3 aliphatic carbocycles. The van der Waals surface area contributed by atoms with E-state index in [1.807, 2.05) is 0 Å². The van der Waals surface area contributed by atoms with Crippen LogP contribution in [0.5, 0.6) is 0 Å². The lowest BCUT2D eigenvalue weighted by atomic mass is 9.56. The highest BCUT2D eigenvalue weighted by Gasteiger charge is 2.73. The fraction of sp³-hybridized carbons (Fsp3) is 0.700. The van der Waals surface area contributed by atoms with E-state index in [-0.39, 0.29) is 23.8 Å². The molecular weight excluding hydrogens is 304 g/mol. The largest absolute Gasteiger partial charge is 0.455 e. The summed E-state index contributed by atoms with van der Waals surface area (Å²) in [6.45, 7) is 8.38. The molecule has 128 valence electrons. The second-order valence-electron chi connectivity index (χ2n) is 8.51. The van der Waals surface area contributed by atoms with Crippen LogP contribution in [0.15, 0.2) is 22.3 Å². The van der Waals surface area contributed by atoms with Crippen LogP contribution in [0.4, 0.5) is 0 Å². The third kappa shape index (κ3) is 1.19. The predicted molar refractivity (Wildman–Crippen MR) is 86.8 cm³/mol. The predicted octanol–water partition coefficient (Wildman–Crippen LogP) is 3.32. The van der Waals surface area contributed by atoms with Crippen molar-refractivity contribution < 1.29 is 19.1 Å². The van der Waals surface area contributed by atoms with Gasteiger partial charge in [0.05, 0.1) is 0 Å². The van der Waals surface area contributed by atoms with Crippen LogP contribution in [0.25, 0.3) is 0 Å². The van der Waals surface area contributed by atoms with Crippen LogP contribution in [-0.2, 0) is 19.1 Å². The molecule has 8 aliphatic rings. The van der Waals surface area contributed by atoms with Gasteiger partial charge in [0.15, 0.2) is 0 Å². The Morgan fingerprint density at radius 3 is 1.54 bits per heavy atom. The van der Waals surface area contributed by atoms with Gasteiger partial charge in [-0.05, 0) is 73.7 Å². The van der Waals surface area contributed by atoms with E-state index in [9.17, 15) is 9.59 Å². The molecule has 0 aromatic heterocycles. The Morgan fingerprint density at radius 1 is 0.792 bits per heavy atom. The monoisotopic (exact) mass is 328 g/mol. The van der Waals surface area contributed by atoms with Gasteiger partial charge in [0.2, 0.25) is 0 Å². The molecule has 0 radical (unpaired) electrons. The van der Waals surface area contributed by atoms with E-state index in [1.165, 1.54) is 11.1 Å². The molecule has 0 N–H and O–H groups in total. The van der Waals surface area contributed by atoms with Gasteiger partial charge in [0, 0.05) is 0 Å². The van der Waals surface area contributed by atoms with Crippen molar-refractivity contribution in [2.24, 2.45) is 22.7 Å². The van der Waals surface area contributed by atoms with E-state index in [0.717, 1.165) is 36.8 Å². The summed E-state index contributed by atoms with van der Waals surface area (Å²) in [6.07, 6.45) is 2.78. The molecule has 2 spiro atoms. The zero-order valence-corrected chi connectivity index (χ0v) is 14.8. The molecule has 0 aromatic carbocycles. The number of carbonyl (C=O) groups is 2. The summed E-state index contributed by atoms with van der Waals surface area (Å²) in [5, 5.41) is 0. The Bertz CT molecular complexity index is 696. The zero-order chi connectivity index (χ0) is 17.0. The van der Waals surface area contributed by atoms with Gasteiger partial charge in [-0.25, -0.2) is 0 Å². The highest BCUT2D eigenvalue weighted by Crippen LogP contribution is 2.67. The summed E-state index contributed by atoms with van der Waals surface area (Å²) in [5.41, 5.74) is 3.08. The molecule has 1 saturated heterocycles. The van der Waals surface area contributed by atoms with Crippen LogP contribution < -0.4 is 0 Å². The van der Waals surface area contributed by atoms with E-state index in [2.05, 4.69) is 27.7 Å². The lowest BCUT2D eigenvalue weighted by molar-refractivity contribution is -0.205. The number of hydrogen-bond donors (Lipinski definition) is 0. The first kappa shape index (κ1) is 14.7. The van der Waals surface area contributed by atoms with Crippen LogP contribution in [-0.4, -0.2) is 24.1 Å². The van der Waals surface area contributed by atoms with Crippen LogP contribution >= 0.6 is 0 Å². The van der Waals surface area contributed by atoms with Crippen molar-refractivity contribution >= 4 is 11.9 Å². The molecule has 4 heteroatoms.